The first-order valence-electron chi connectivity index (χ1n) is 12.0. The molecule has 1 saturated heterocycles. The van der Waals surface area contributed by atoms with Crippen molar-refractivity contribution in [1.82, 2.24) is 19.1 Å². The number of nitrogens with zero attached hydrogens (tertiary/aromatic N) is 4. The molecule has 38 heavy (non-hydrogen) atoms. The Morgan fingerprint density at radius 3 is 2.45 bits per heavy atom. The number of sulfonamides is 1. The molecule has 0 unspecified atom stereocenters. The third-order valence-electron chi connectivity index (χ3n) is 5.80. The Balaban J connectivity index is 1.72. The molecular formula is C24H31N7O5S2. The van der Waals surface area contributed by atoms with Crippen LogP contribution in [-0.4, -0.2) is 79.5 Å². The van der Waals surface area contributed by atoms with Crippen LogP contribution >= 0.6 is 11.3 Å². The summed E-state index contributed by atoms with van der Waals surface area (Å²) >= 11 is 1.05. The normalized spacial score (nSPS) is 16.0. The minimum atomic E-state index is -3.23. The van der Waals surface area contributed by atoms with E-state index in [0.29, 0.717) is 55.2 Å². The highest BCUT2D eigenvalue weighted by Gasteiger charge is 2.24. The van der Waals surface area contributed by atoms with Gasteiger partial charge in [0, 0.05) is 56.8 Å². The van der Waals surface area contributed by atoms with Gasteiger partial charge < -0.3 is 16.0 Å². The minimum absolute atomic E-state index is 0.113. The van der Waals surface area contributed by atoms with Gasteiger partial charge in [-0.2, -0.15) is 9.57 Å². The maximum atomic E-state index is 12.9. The van der Waals surface area contributed by atoms with Crippen LogP contribution in [-0.2, 0) is 26.2 Å². The second kappa shape index (κ2) is 12.8. The predicted molar refractivity (Wildman–Crippen MR) is 147 cm³/mol. The Hall–Kier alpha value is -3.51. The molecule has 0 saturated carbocycles. The van der Waals surface area contributed by atoms with Crippen molar-refractivity contribution in [3.8, 4) is 6.07 Å². The fourth-order valence-corrected chi connectivity index (χ4v) is 5.81. The second-order valence-electron chi connectivity index (χ2n) is 8.52. The maximum absolute atomic E-state index is 12.9. The maximum Gasteiger partial charge on any atom is 0.270 e. The van der Waals surface area contributed by atoms with Crippen LogP contribution in [0.1, 0.15) is 13.8 Å². The SMILES string of the molecule is CCNC(=O)C(C#N)=c1sc(=CNc2cccc(NC(=O)CN3CCN(S(C)(=O)=O)CC3)c2)c(=O)n1CC. The molecule has 0 spiro atoms. The first-order valence-corrected chi connectivity index (χ1v) is 14.7. The fourth-order valence-electron chi connectivity index (χ4n) is 3.90. The number of anilines is 2. The van der Waals surface area contributed by atoms with Crippen LogP contribution < -0.4 is 30.7 Å². The molecule has 0 atom stereocenters. The summed E-state index contributed by atoms with van der Waals surface area (Å²) in [5.41, 5.74) is 0.739. The van der Waals surface area contributed by atoms with Crippen LogP contribution in [0, 0.1) is 11.3 Å². The van der Waals surface area contributed by atoms with Crippen LogP contribution in [0.2, 0.25) is 0 Å². The summed E-state index contributed by atoms with van der Waals surface area (Å²) in [4.78, 5) is 39.6. The van der Waals surface area contributed by atoms with Gasteiger partial charge in [0.25, 0.3) is 11.5 Å². The number of benzene rings is 1. The number of hydrogen-bond donors (Lipinski definition) is 3. The Kier molecular flexibility index (Phi) is 9.81. The highest BCUT2D eigenvalue weighted by molar-refractivity contribution is 7.88. The van der Waals surface area contributed by atoms with E-state index in [1.54, 1.807) is 38.1 Å². The lowest BCUT2D eigenvalue weighted by Crippen LogP contribution is -2.50. The molecule has 1 aromatic carbocycles. The van der Waals surface area contributed by atoms with E-state index < -0.39 is 15.9 Å². The number of carbonyl (C=O) groups is 2. The number of rotatable bonds is 9. The molecule has 3 N–H and O–H groups in total. The molecule has 204 valence electrons. The highest BCUT2D eigenvalue weighted by atomic mass is 32.2. The van der Waals surface area contributed by atoms with Gasteiger partial charge in [0.05, 0.1) is 12.8 Å². The van der Waals surface area contributed by atoms with Crippen LogP contribution in [0.5, 0.6) is 0 Å². The summed E-state index contributed by atoms with van der Waals surface area (Å²) in [7, 11) is -3.23. The van der Waals surface area contributed by atoms with E-state index in [2.05, 4.69) is 16.0 Å². The summed E-state index contributed by atoms with van der Waals surface area (Å²) in [6.07, 6.45) is 2.69. The number of aromatic nitrogens is 1. The van der Waals surface area contributed by atoms with E-state index in [4.69, 9.17) is 0 Å². The van der Waals surface area contributed by atoms with E-state index in [-0.39, 0.29) is 28.2 Å². The summed E-state index contributed by atoms with van der Waals surface area (Å²) in [6.45, 7) is 5.95. The van der Waals surface area contributed by atoms with E-state index in [1.165, 1.54) is 21.3 Å². The van der Waals surface area contributed by atoms with E-state index in [9.17, 15) is 28.1 Å². The summed E-state index contributed by atoms with van der Waals surface area (Å²) in [5.74, 6) is -0.753. The molecule has 2 aromatic rings. The zero-order chi connectivity index (χ0) is 27.9. The van der Waals surface area contributed by atoms with Gasteiger partial charge in [-0.15, -0.1) is 11.3 Å². The third kappa shape index (κ3) is 7.29. The van der Waals surface area contributed by atoms with Crippen LogP contribution in [0.15, 0.2) is 29.1 Å². The number of nitriles is 1. The Bertz CT molecular complexity index is 1510. The average Bonchev–Trinajstić information content (AvgIpc) is 3.18. The van der Waals surface area contributed by atoms with Crippen molar-refractivity contribution in [3.63, 3.8) is 0 Å². The van der Waals surface area contributed by atoms with Crippen LogP contribution in [0.4, 0.5) is 11.4 Å². The largest absolute Gasteiger partial charge is 0.360 e. The van der Waals surface area contributed by atoms with Gasteiger partial charge in [0.2, 0.25) is 15.9 Å². The molecule has 1 aliphatic rings. The van der Waals surface area contributed by atoms with Crippen LogP contribution in [0.25, 0.3) is 11.8 Å². The molecule has 1 aromatic heterocycles. The van der Waals surface area contributed by atoms with Gasteiger partial charge in [-0.05, 0) is 32.0 Å². The zero-order valence-electron chi connectivity index (χ0n) is 21.5. The molecule has 1 aliphatic heterocycles. The fraction of sp³-hybridized carbons (Fsp3) is 0.417. The van der Waals surface area contributed by atoms with Gasteiger partial charge in [0.15, 0.2) is 5.57 Å². The standard InChI is InChI=1S/C24H31N7O5S2/c1-4-26-22(33)19(14-25)24-31(5-2)23(34)20(37-24)15-27-17-7-6-8-18(13-17)28-21(32)16-29-9-11-30(12-10-29)38(3,35)36/h6-8,13,15,27H,4-5,9-12,16H2,1-3H3,(H,26,33)(H,28,32). The second-order valence-corrected chi connectivity index (χ2v) is 11.5. The van der Waals surface area contributed by atoms with Gasteiger partial charge in [-0.3, -0.25) is 23.9 Å². The molecule has 12 nitrogen and oxygen atoms in total. The quantitative estimate of drug-likeness (QED) is 0.356. The first-order chi connectivity index (χ1) is 18.1. The Labute approximate surface area is 224 Å². The van der Waals surface area contributed by atoms with E-state index in [1.807, 2.05) is 11.0 Å². The topological polar surface area (TPSA) is 157 Å². The van der Waals surface area contributed by atoms with Gasteiger partial charge in [-0.25, -0.2) is 8.42 Å². The van der Waals surface area contributed by atoms with Crippen molar-refractivity contribution in [2.24, 2.45) is 0 Å². The number of nitrogens with one attached hydrogen (secondary N) is 3. The molecule has 2 amide bonds. The van der Waals surface area contributed by atoms with Crippen molar-refractivity contribution in [2.45, 2.75) is 20.4 Å². The summed E-state index contributed by atoms with van der Waals surface area (Å²) in [6, 6.07) is 8.87. The number of amides is 2. The lowest BCUT2D eigenvalue weighted by molar-refractivity contribution is -0.117. The van der Waals surface area contributed by atoms with Crippen molar-refractivity contribution < 1.29 is 18.0 Å². The number of carbonyl (C=O) groups excluding carboxylic acids is 2. The van der Waals surface area contributed by atoms with Gasteiger partial charge >= 0.3 is 0 Å². The molecule has 2 heterocycles. The zero-order valence-corrected chi connectivity index (χ0v) is 23.1. The third-order valence-corrected chi connectivity index (χ3v) is 8.23. The van der Waals surface area contributed by atoms with Crippen LogP contribution in [0.3, 0.4) is 0 Å². The van der Waals surface area contributed by atoms with Crippen molar-refractivity contribution in [1.29, 1.82) is 5.26 Å². The predicted octanol–water partition coefficient (Wildman–Crippen LogP) is -0.894. The average molecular weight is 562 g/mol. The van der Waals surface area contributed by atoms with Crippen molar-refractivity contribution in [2.75, 3.05) is 56.2 Å². The smallest absolute Gasteiger partial charge is 0.270 e. The van der Waals surface area contributed by atoms with Gasteiger partial charge in [-0.1, -0.05) is 6.07 Å². The number of hydrogen-bond acceptors (Lipinski definition) is 9. The minimum Gasteiger partial charge on any atom is -0.360 e. The molecule has 0 bridgehead atoms. The summed E-state index contributed by atoms with van der Waals surface area (Å²) < 4.78 is 26.7. The molecule has 0 aliphatic carbocycles. The molecule has 1 fully saturated rings. The van der Waals surface area contributed by atoms with Gasteiger partial charge in [0.1, 0.15) is 15.3 Å². The Morgan fingerprint density at radius 1 is 1.16 bits per heavy atom. The van der Waals surface area contributed by atoms with Crippen molar-refractivity contribution in [3.05, 3.63) is 43.8 Å². The monoisotopic (exact) mass is 561 g/mol. The molecular weight excluding hydrogens is 530 g/mol. The molecule has 14 heteroatoms. The number of thiazole rings is 1. The molecule has 3 rings (SSSR count). The lowest BCUT2D eigenvalue weighted by Gasteiger charge is -2.32. The number of piperazine rings is 1. The highest BCUT2D eigenvalue weighted by Crippen LogP contribution is 2.15. The summed E-state index contributed by atoms with van der Waals surface area (Å²) in [5, 5.41) is 18.0. The molecule has 0 radical (unpaired) electrons. The van der Waals surface area contributed by atoms with E-state index >= 15 is 0 Å². The Morgan fingerprint density at radius 2 is 1.84 bits per heavy atom. The first kappa shape index (κ1) is 29.1. The van der Waals surface area contributed by atoms with Crippen molar-refractivity contribution >= 4 is 56.3 Å². The van der Waals surface area contributed by atoms with E-state index in [0.717, 1.165) is 11.3 Å². The lowest BCUT2D eigenvalue weighted by atomic mass is 10.2.